The van der Waals surface area contributed by atoms with Crippen molar-refractivity contribution in [1.82, 2.24) is 5.32 Å². The lowest BCUT2D eigenvalue weighted by atomic mass is 10.1. The molecule has 0 heterocycles. The molecule has 0 aliphatic heterocycles. The molecule has 0 spiro atoms. The van der Waals surface area contributed by atoms with Gasteiger partial charge in [0.1, 0.15) is 0 Å². The number of hydrogen-bond donors (Lipinski definition) is 2. The van der Waals surface area contributed by atoms with Crippen LogP contribution in [-0.2, 0) is 9.84 Å². The first-order valence-corrected chi connectivity index (χ1v) is 7.51. The lowest BCUT2D eigenvalue weighted by molar-refractivity contribution is 0.246. The largest absolute Gasteiger partial charge is 0.394 e. The number of sulfone groups is 1. The summed E-state index contributed by atoms with van der Waals surface area (Å²) in [5.41, 5.74) is 0.962. The van der Waals surface area contributed by atoms with Gasteiger partial charge in [0, 0.05) is 12.3 Å². The van der Waals surface area contributed by atoms with E-state index >= 15 is 0 Å². The topological polar surface area (TPSA) is 66.4 Å². The third-order valence-electron chi connectivity index (χ3n) is 2.63. The van der Waals surface area contributed by atoms with Crippen LogP contribution in [0.5, 0.6) is 0 Å². The van der Waals surface area contributed by atoms with Crippen molar-refractivity contribution in [2.75, 3.05) is 24.7 Å². The summed E-state index contributed by atoms with van der Waals surface area (Å²) in [6, 6.07) is 9.29. The van der Waals surface area contributed by atoms with E-state index in [1.54, 1.807) is 6.92 Å². The molecule has 0 aliphatic carbocycles. The fourth-order valence-corrected chi connectivity index (χ4v) is 2.22. The molecule has 5 heteroatoms. The molecule has 4 nitrogen and oxygen atoms in total. The summed E-state index contributed by atoms with van der Waals surface area (Å²) in [6.07, 6.45) is 0. The van der Waals surface area contributed by atoms with E-state index in [0.29, 0.717) is 6.54 Å². The maximum absolute atomic E-state index is 11.3. The summed E-state index contributed by atoms with van der Waals surface area (Å²) >= 11 is 0. The number of aliphatic hydroxyl groups is 1. The van der Waals surface area contributed by atoms with Crippen molar-refractivity contribution in [2.24, 2.45) is 0 Å². The highest BCUT2D eigenvalue weighted by Crippen LogP contribution is 2.10. The molecule has 1 aromatic carbocycles. The van der Waals surface area contributed by atoms with Crippen molar-refractivity contribution in [1.29, 1.82) is 0 Å². The zero-order valence-corrected chi connectivity index (χ0v) is 10.8. The van der Waals surface area contributed by atoms with Gasteiger partial charge in [0.25, 0.3) is 0 Å². The van der Waals surface area contributed by atoms with E-state index in [1.807, 2.05) is 30.3 Å². The van der Waals surface area contributed by atoms with Gasteiger partial charge in [-0.3, -0.25) is 0 Å². The maximum atomic E-state index is 11.3. The van der Waals surface area contributed by atoms with Crippen molar-refractivity contribution in [3.05, 3.63) is 35.9 Å². The molecular weight excluding hydrogens is 238 g/mol. The molecule has 0 saturated heterocycles. The van der Waals surface area contributed by atoms with E-state index in [1.165, 1.54) is 0 Å². The van der Waals surface area contributed by atoms with E-state index in [0.717, 1.165) is 5.56 Å². The van der Waals surface area contributed by atoms with Gasteiger partial charge in [-0.1, -0.05) is 37.3 Å². The highest BCUT2D eigenvalue weighted by atomic mass is 32.2. The average molecular weight is 257 g/mol. The lowest BCUT2D eigenvalue weighted by Crippen LogP contribution is -2.29. The first-order valence-electron chi connectivity index (χ1n) is 5.68. The van der Waals surface area contributed by atoms with Crippen LogP contribution in [0.15, 0.2) is 30.3 Å². The Morgan fingerprint density at radius 1 is 1.29 bits per heavy atom. The van der Waals surface area contributed by atoms with Gasteiger partial charge in [0.05, 0.1) is 18.4 Å². The van der Waals surface area contributed by atoms with E-state index in [4.69, 9.17) is 0 Å². The Morgan fingerprint density at radius 3 is 2.47 bits per heavy atom. The Labute approximate surface area is 103 Å². The number of nitrogens with one attached hydrogen (secondary N) is 1. The van der Waals surface area contributed by atoms with Crippen LogP contribution in [0.1, 0.15) is 18.5 Å². The zero-order chi connectivity index (χ0) is 12.7. The molecule has 1 atom stereocenters. The molecular formula is C12H19NO3S. The smallest absolute Gasteiger partial charge is 0.151 e. The Morgan fingerprint density at radius 2 is 1.94 bits per heavy atom. The van der Waals surface area contributed by atoms with Crippen LogP contribution in [0.2, 0.25) is 0 Å². The van der Waals surface area contributed by atoms with Crippen molar-refractivity contribution < 1.29 is 13.5 Å². The van der Waals surface area contributed by atoms with Crippen LogP contribution in [0.4, 0.5) is 0 Å². The lowest BCUT2D eigenvalue weighted by Gasteiger charge is -2.16. The molecule has 0 aromatic heterocycles. The number of benzene rings is 1. The first-order chi connectivity index (χ1) is 8.09. The van der Waals surface area contributed by atoms with Gasteiger partial charge in [-0.2, -0.15) is 0 Å². The predicted octanol–water partition coefficient (Wildman–Crippen LogP) is 0.744. The Bertz CT molecular complexity index is 417. The summed E-state index contributed by atoms with van der Waals surface area (Å²) < 4.78 is 22.6. The van der Waals surface area contributed by atoms with Gasteiger partial charge >= 0.3 is 0 Å². The second kappa shape index (κ2) is 6.74. The maximum Gasteiger partial charge on any atom is 0.151 e. The van der Waals surface area contributed by atoms with Gasteiger partial charge in [-0.05, 0) is 5.56 Å². The predicted molar refractivity (Wildman–Crippen MR) is 68.6 cm³/mol. The van der Waals surface area contributed by atoms with E-state index in [9.17, 15) is 13.5 Å². The summed E-state index contributed by atoms with van der Waals surface area (Å²) in [7, 11) is -2.95. The Hall–Kier alpha value is -0.910. The molecule has 0 fully saturated rings. The summed E-state index contributed by atoms with van der Waals surface area (Å²) in [6.45, 7) is 1.95. The molecule has 17 heavy (non-hydrogen) atoms. The number of aliphatic hydroxyl groups excluding tert-OH is 1. The number of rotatable bonds is 7. The Balaban J connectivity index is 2.50. The van der Waals surface area contributed by atoms with Crippen molar-refractivity contribution in [3.63, 3.8) is 0 Å². The van der Waals surface area contributed by atoms with Gasteiger partial charge < -0.3 is 10.4 Å². The van der Waals surface area contributed by atoms with Crippen LogP contribution in [0.3, 0.4) is 0 Å². The molecule has 0 saturated carbocycles. The molecule has 96 valence electrons. The van der Waals surface area contributed by atoms with Crippen LogP contribution < -0.4 is 5.32 Å². The minimum atomic E-state index is -2.95. The van der Waals surface area contributed by atoms with Gasteiger partial charge in [-0.15, -0.1) is 0 Å². The fraction of sp³-hybridized carbons (Fsp3) is 0.500. The van der Waals surface area contributed by atoms with Crippen molar-refractivity contribution >= 4 is 9.84 Å². The summed E-state index contributed by atoms with van der Waals surface area (Å²) in [5.74, 6) is 0.261. The molecule has 0 radical (unpaired) electrons. The van der Waals surface area contributed by atoms with Crippen LogP contribution in [0.25, 0.3) is 0 Å². The number of hydrogen-bond acceptors (Lipinski definition) is 4. The molecule has 1 unspecified atom stereocenters. The van der Waals surface area contributed by atoms with Crippen molar-refractivity contribution in [2.45, 2.75) is 13.0 Å². The second-order valence-electron chi connectivity index (χ2n) is 3.84. The highest BCUT2D eigenvalue weighted by molar-refractivity contribution is 7.91. The SMILES string of the molecule is CCS(=O)(=O)CCNC(CO)c1ccccc1. The minimum absolute atomic E-state index is 0.0455. The average Bonchev–Trinajstić information content (AvgIpc) is 2.36. The van der Waals surface area contributed by atoms with Gasteiger partial charge in [0.15, 0.2) is 9.84 Å². The van der Waals surface area contributed by atoms with E-state index in [-0.39, 0.29) is 24.2 Å². The monoisotopic (exact) mass is 257 g/mol. The third-order valence-corrected chi connectivity index (χ3v) is 4.33. The van der Waals surface area contributed by atoms with Gasteiger partial charge in [-0.25, -0.2) is 8.42 Å². The molecule has 0 aliphatic rings. The molecule has 0 amide bonds. The van der Waals surface area contributed by atoms with Crippen LogP contribution in [-0.4, -0.2) is 38.2 Å². The highest BCUT2D eigenvalue weighted by Gasteiger charge is 2.11. The molecule has 2 N–H and O–H groups in total. The van der Waals surface area contributed by atoms with E-state index in [2.05, 4.69) is 5.32 Å². The zero-order valence-electron chi connectivity index (χ0n) is 9.96. The van der Waals surface area contributed by atoms with Crippen LogP contribution in [0, 0.1) is 0 Å². The summed E-state index contributed by atoms with van der Waals surface area (Å²) in [5, 5.41) is 12.3. The van der Waals surface area contributed by atoms with Crippen molar-refractivity contribution in [3.8, 4) is 0 Å². The molecule has 1 rings (SSSR count). The first kappa shape index (κ1) is 14.2. The summed E-state index contributed by atoms with van der Waals surface area (Å²) in [4.78, 5) is 0. The van der Waals surface area contributed by atoms with E-state index < -0.39 is 9.84 Å². The fourth-order valence-electron chi connectivity index (χ4n) is 1.51. The normalized spacial score (nSPS) is 13.5. The van der Waals surface area contributed by atoms with Crippen LogP contribution >= 0.6 is 0 Å². The third kappa shape index (κ3) is 4.85. The molecule has 0 bridgehead atoms. The quantitative estimate of drug-likeness (QED) is 0.756. The van der Waals surface area contributed by atoms with Gasteiger partial charge in [0.2, 0.25) is 0 Å². The second-order valence-corrected chi connectivity index (χ2v) is 6.31. The minimum Gasteiger partial charge on any atom is -0.394 e. The standard InChI is InChI=1S/C12H19NO3S/c1-2-17(15,16)9-8-13-12(10-14)11-6-4-3-5-7-11/h3-7,12-14H,2,8-10H2,1H3. The Kier molecular flexibility index (Phi) is 5.61. The molecule has 1 aromatic rings.